The van der Waals surface area contributed by atoms with Gasteiger partial charge in [-0.15, -0.1) is 0 Å². The van der Waals surface area contributed by atoms with Gasteiger partial charge in [-0.25, -0.2) is 0 Å². The molecule has 4 N–H and O–H groups in total. The van der Waals surface area contributed by atoms with E-state index in [0.717, 1.165) is 5.56 Å². The molecule has 0 bridgehead atoms. The second-order valence-electron chi connectivity index (χ2n) is 5.49. The van der Waals surface area contributed by atoms with Gasteiger partial charge < -0.3 is 25.4 Å². The fourth-order valence-corrected chi connectivity index (χ4v) is 2.17. The van der Waals surface area contributed by atoms with E-state index in [0.29, 0.717) is 11.3 Å². The number of benzene rings is 2. The fourth-order valence-electron chi connectivity index (χ4n) is 2.17. The maximum absolute atomic E-state index is 12.1. The van der Waals surface area contributed by atoms with Gasteiger partial charge in [-0.05, 0) is 41.5 Å². The normalized spacial score (nSPS) is 11.2. The Bertz CT molecular complexity index is 942. The lowest BCUT2D eigenvalue weighted by Gasteiger charge is -2.05. The summed E-state index contributed by atoms with van der Waals surface area (Å²) in [6, 6.07) is 10.8. The molecule has 0 aromatic heterocycles. The highest BCUT2D eigenvalue weighted by Gasteiger charge is 2.08. The largest absolute Gasteiger partial charge is 0.504 e. The predicted octanol–water partition coefficient (Wildman–Crippen LogP) is 2.59. The molecule has 0 aliphatic carbocycles. The lowest BCUT2D eigenvalue weighted by Crippen LogP contribution is -2.23. The zero-order valence-electron chi connectivity index (χ0n) is 14.5. The first-order valence-electron chi connectivity index (χ1n) is 7.89. The van der Waals surface area contributed by atoms with E-state index in [1.165, 1.54) is 37.5 Å². The molecular formula is C20H18N2O5. The molecule has 0 aliphatic heterocycles. The summed E-state index contributed by atoms with van der Waals surface area (Å²) < 4.78 is 5.01. The van der Waals surface area contributed by atoms with Crippen molar-refractivity contribution in [1.29, 1.82) is 5.26 Å². The van der Waals surface area contributed by atoms with Crippen molar-refractivity contribution >= 4 is 12.0 Å². The van der Waals surface area contributed by atoms with Crippen molar-refractivity contribution in [3.8, 4) is 29.1 Å². The third kappa shape index (κ3) is 5.28. The first-order valence-corrected chi connectivity index (χ1v) is 7.89. The highest BCUT2D eigenvalue weighted by molar-refractivity contribution is 5.97. The van der Waals surface area contributed by atoms with E-state index in [-0.39, 0.29) is 29.4 Å². The van der Waals surface area contributed by atoms with Crippen molar-refractivity contribution in [3.63, 3.8) is 0 Å². The number of hydrogen-bond acceptors (Lipinski definition) is 6. The second kappa shape index (κ2) is 8.97. The van der Waals surface area contributed by atoms with Crippen molar-refractivity contribution in [2.75, 3.05) is 7.11 Å². The second-order valence-corrected chi connectivity index (χ2v) is 5.49. The van der Waals surface area contributed by atoms with E-state index in [4.69, 9.17) is 10.00 Å². The lowest BCUT2D eigenvalue weighted by molar-refractivity contribution is -0.117. The number of hydrogen-bond donors (Lipinski definition) is 4. The number of nitrogens with one attached hydrogen (secondary N) is 1. The number of nitriles is 1. The van der Waals surface area contributed by atoms with Crippen molar-refractivity contribution in [1.82, 2.24) is 5.32 Å². The molecule has 0 saturated carbocycles. The number of amides is 1. The molecule has 2 rings (SSSR count). The lowest BCUT2D eigenvalue weighted by atomic mass is 10.1. The van der Waals surface area contributed by atoms with Crippen molar-refractivity contribution in [2.24, 2.45) is 0 Å². The van der Waals surface area contributed by atoms with Crippen LogP contribution >= 0.6 is 0 Å². The Labute approximate surface area is 156 Å². The highest BCUT2D eigenvalue weighted by Crippen LogP contribution is 2.27. The minimum absolute atomic E-state index is 0.0163. The summed E-state index contributed by atoms with van der Waals surface area (Å²) in [4.78, 5) is 12.1. The molecule has 0 saturated heterocycles. The van der Waals surface area contributed by atoms with Gasteiger partial charge in [0, 0.05) is 6.54 Å². The van der Waals surface area contributed by atoms with Gasteiger partial charge >= 0.3 is 0 Å². The van der Waals surface area contributed by atoms with Crippen LogP contribution in [0.3, 0.4) is 0 Å². The van der Waals surface area contributed by atoms with Gasteiger partial charge in [0.05, 0.1) is 7.11 Å². The molecule has 138 valence electrons. The average molecular weight is 366 g/mol. The molecule has 0 fully saturated rings. The van der Waals surface area contributed by atoms with Crippen molar-refractivity contribution in [2.45, 2.75) is 6.54 Å². The van der Waals surface area contributed by atoms with Crippen LogP contribution in [0.25, 0.3) is 6.08 Å². The molecule has 7 heteroatoms. The van der Waals surface area contributed by atoms with Crippen LogP contribution in [0.4, 0.5) is 0 Å². The number of rotatable bonds is 6. The van der Waals surface area contributed by atoms with Crippen LogP contribution in [0.15, 0.2) is 54.1 Å². The Hall–Kier alpha value is -3.92. The van der Waals surface area contributed by atoms with E-state index >= 15 is 0 Å². The maximum atomic E-state index is 12.1. The van der Waals surface area contributed by atoms with Crippen LogP contribution in [0.5, 0.6) is 23.0 Å². The topological polar surface area (TPSA) is 123 Å². The van der Waals surface area contributed by atoms with Gasteiger partial charge in [-0.3, -0.25) is 4.79 Å². The molecule has 27 heavy (non-hydrogen) atoms. The zero-order chi connectivity index (χ0) is 19.8. The van der Waals surface area contributed by atoms with Crippen LogP contribution in [0.1, 0.15) is 11.1 Å². The Kier molecular flexibility index (Phi) is 6.44. The summed E-state index contributed by atoms with van der Waals surface area (Å²) in [5, 5.41) is 40.0. The van der Waals surface area contributed by atoms with Crippen LogP contribution < -0.4 is 10.1 Å². The smallest absolute Gasteiger partial charge is 0.262 e. The van der Waals surface area contributed by atoms with E-state index < -0.39 is 5.91 Å². The summed E-state index contributed by atoms with van der Waals surface area (Å²) in [5.41, 5.74) is 1.20. The SMILES string of the molecule is COc1cc(C=CC=C(C#N)C(=O)NCc2ccc(O)c(O)c2)ccc1O. The monoisotopic (exact) mass is 366 g/mol. The third-order valence-electron chi connectivity index (χ3n) is 3.61. The average Bonchev–Trinajstić information content (AvgIpc) is 2.67. The van der Waals surface area contributed by atoms with Crippen LogP contribution in [-0.4, -0.2) is 28.3 Å². The minimum Gasteiger partial charge on any atom is -0.504 e. The first-order chi connectivity index (χ1) is 12.9. The first kappa shape index (κ1) is 19.4. The number of carbonyl (C=O) groups excluding carboxylic acids is 1. The molecule has 0 heterocycles. The highest BCUT2D eigenvalue weighted by atomic mass is 16.5. The molecule has 2 aromatic carbocycles. The van der Waals surface area contributed by atoms with Gasteiger partial charge in [0.1, 0.15) is 11.6 Å². The van der Waals surface area contributed by atoms with Crippen LogP contribution in [-0.2, 0) is 11.3 Å². The van der Waals surface area contributed by atoms with E-state index in [2.05, 4.69) is 5.32 Å². The Morgan fingerprint density at radius 1 is 1.15 bits per heavy atom. The summed E-state index contributed by atoms with van der Waals surface area (Å²) >= 11 is 0. The van der Waals surface area contributed by atoms with Crippen LogP contribution in [0, 0.1) is 11.3 Å². The Morgan fingerprint density at radius 2 is 1.89 bits per heavy atom. The molecule has 7 nitrogen and oxygen atoms in total. The summed E-state index contributed by atoms with van der Waals surface area (Å²) in [6.07, 6.45) is 4.56. The number of ether oxygens (including phenoxy) is 1. The molecule has 1 amide bonds. The van der Waals surface area contributed by atoms with Crippen molar-refractivity contribution in [3.05, 3.63) is 65.3 Å². The number of carbonyl (C=O) groups is 1. The minimum atomic E-state index is -0.571. The van der Waals surface area contributed by atoms with Gasteiger partial charge in [0.2, 0.25) is 0 Å². The van der Waals surface area contributed by atoms with Crippen molar-refractivity contribution < 1.29 is 24.9 Å². The summed E-state index contributed by atoms with van der Waals surface area (Å²) in [6.45, 7) is 0.0879. The number of nitrogens with zero attached hydrogens (tertiary/aromatic N) is 1. The zero-order valence-corrected chi connectivity index (χ0v) is 14.5. The molecule has 0 atom stereocenters. The Morgan fingerprint density at radius 3 is 2.56 bits per heavy atom. The fraction of sp³-hybridized carbons (Fsp3) is 0.100. The van der Waals surface area contributed by atoms with Crippen LogP contribution in [0.2, 0.25) is 0 Å². The molecule has 0 radical (unpaired) electrons. The van der Waals surface area contributed by atoms with Gasteiger partial charge in [0.15, 0.2) is 23.0 Å². The van der Waals surface area contributed by atoms with E-state index in [1.807, 2.05) is 6.07 Å². The number of phenols is 3. The van der Waals surface area contributed by atoms with E-state index in [1.54, 1.807) is 24.3 Å². The quantitative estimate of drug-likeness (QED) is 0.270. The van der Waals surface area contributed by atoms with Gasteiger partial charge in [-0.1, -0.05) is 24.3 Å². The standard InChI is InChI=1S/C20H18N2O5/c1-27-19-10-13(5-8-17(19)24)3-2-4-15(11-21)20(26)22-12-14-6-7-16(23)18(25)9-14/h2-10,23-25H,12H2,1H3,(H,22,26). The Balaban J connectivity index is 2.03. The number of allylic oxidation sites excluding steroid dienone is 2. The van der Waals surface area contributed by atoms with Gasteiger partial charge in [0.25, 0.3) is 5.91 Å². The molecule has 0 spiro atoms. The third-order valence-corrected chi connectivity index (χ3v) is 3.61. The van der Waals surface area contributed by atoms with E-state index in [9.17, 15) is 20.1 Å². The summed E-state index contributed by atoms with van der Waals surface area (Å²) in [7, 11) is 1.44. The number of phenolic OH excluding ortho intramolecular Hbond substituents is 3. The maximum Gasteiger partial charge on any atom is 0.262 e. The molecular weight excluding hydrogens is 348 g/mol. The molecule has 0 aliphatic rings. The number of methoxy groups -OCH3 is 1. The molecule has 0 unspecified atom stereocenters. The summed E-state index contributed by atoms with van der Waals surface area (Å²) in [5.74, 6) is -0.777. The number of aromatic hydroxyl groups is 3. The predicted molar refractivity (Wildman–Crippen MR) is 99.0 cm³/mol. The molecule has 2 aromatic rings. The van der Waals surface area contributed by atoms with Gasteiger partial charge in [-0.2, -0.15) is 5.26 Å².